The lowest BCUT2D eigenvalue weighted by molar-refractivity contribution is -0.181. The average Bonchev–Trinajstić information content (AvgIpc) is 3.00. The first-order valence-corrected chi connectivity index (χ1v) is 9.41. The van der Waals surface area contributed by atoms with Crippen LogP contribution in [0.25, 0.3) is 0 Å². The van der Waals surface area contributed by atoms with E-state index in [0.717, 1.165) is 42.4 Å². The molecule has 4 heteroatoms. The standard InChI is InChI=1S/C21H32O4/c1-6-16-14(2)9-11-20(23,19(16,4)5)18(22)17-15(3)8-7-10-21(17)24-12-13-25-21/h6,18,22-23H,1,7-13H2,2-5H3/t18-,20-/m1/s1. The Hall–Kier alpha value is -0.940. The summed E-state index contributed by atoms with van der Waals surface area (Å²) in [6, 6.07) is 0. The van der Waals surface area contributed by atoms with Gasteiger partial charge in [0, 0.05) is 17.4 Å². The molecule has 2 aliphatic carbocycles. The zero-order valence-corrected chi connectivity index (χ0v) is 16.0. The van der Waals surface area contributed by atoms with E-state index in [4.69, 9.17) is 9.47 Å². The average molecular weight is 348 g/mol. The lowest BCUT2D eigenvalue weighted by atomic mass is 9.58. The Bertz CT molecular complexity index is 622. The fraction of sp³-hybridized carbons (Fsp3) is 0.714. The molecule has 0 bridgehead atoms. The van der Waals surface area contributed by atoms with E-state index < -0.39 is 22.9 Å². The molecule has 0 radical (unpaired) electrons. The van der Waals surface area contributed by atoms with E-state index in [9.17, 15) is 10.2 Å². The molecule has 0 saturated carbocycles. The van der Waals surface area contributed by atoms with Crippen molar-refractivity contribution >= 4 is 0 Å². The number of aliphatic hydroxyl groups excluding tert-OH is 1. The van der Waals surface area contributed by atoms with Crippen LogP contribution in [0.3, 0.4) is 0 Å². The van der Waals surface area contributed by atoms with Crippen LogP contribution in [0.4, 0.5) is 0 Å². The van der Waals surface area contributed by atoms with Crippen molar-refractivity contribution in [1.29, 1.82) is 0 Å². The lowest BCUT2D eigenvalue weighted by Crippen LogP contribution is -2.60. The summed E-state index contributed by atoms with van der Waals surface area (Å²) in [5.41, 5.74) is 2.19. The molecular formula is C21H32O4. The largest absolute Gasteiger partial charge is 0.386 e. The van der Waals surface area contributed by atoms with E-state index in [1.54, 1.807) is 0 Å². The van der Waals surface area contributed by atoms with E-state index in [1.807, 2.05) is 26.8 Å². The van der Waals surface area contributed by atoms with Crippen molar-refractivity contribution in [3.8, 4) is 0 Å². The maximum Gasteiger partial charge on any atom is 0.193 e. The smallest absolute Gasteiger partial charge is 0.193 e. The first-order valence-electron chi connectivity index (χ1n) is 9.41. The predicted octanol–water partition coefficient (Wildman–Crippen LogP) is 3.64. The molecule has 1 heterocycles. The van der Waals surface area contributed by atoms with Gasteiger partial charge in [0.2, 0.25) is 0 Å². The monoisotopic (exact) mass is 348 g/mol. The molecule has 2 N–H and O–H groups in total. The molecule has 0 amide bonds. The maximum atomic E-state index is 11.7. The molecule has 0 aromatic rings. The van der Waals surface area contributed by atoms with E-state index >= 15 is 0 Å². The number of aliphatic hydroxyl groups is 2. The summed E-state index contributed by atoms with van der Waals surface area (Å²) in [7, 11) is 0. The summed E-state index contributed by atoms with van der Waals surface area (Å²) < 4.78 is 12.0. The highest BCUT2D eigenvalue weighted by Crippen LogP contribution is 2.53. The van der Waals surface area contributed by atoms with E-state index in [-0.39, 0.29) is 0 Å². The SMILES string of the molecule is C=CC1=C(C)CC[C@@](O)([C@H](O)C2=C(C)CCCC23OCCO3)C1(C)C. The van der Waals surface area contributed by atoms with Crippen LogP contribution in [0.2, 0.25) is 0 Å². The van der Waals surface area contributed by atoms with Gasteiger partial charge in [-0.1, -0.05) is 37.6 Å². The van der Waals surface area contributed by atoms with Crippen LogP contribution in [0.15, 0.2) is 34.9 Å². The van der Waals surface area contributed by atoms with Crippen LogP contribution in [-0.2, 0) is 9.47 Å². The molecule has 3 aliphatic rings. The molecule has 1 fully saturated rings. The molecule has 3 rings (SSSR count). The minimum atomic E-state index is -1.29. The van der Waals surface area contributed by atoms with Crippen molar-refractivity contribution in [3.05, 3.63) is 34.9 Å². The fourth-order valence-electron chi connectivity index (χ4n) is 5.12. The summed E-state index contributed by atoms with van der Waals surface area (Å²) in [5, 5.41) is 23.2. The molecule has 140 valence electrons. The van der Waals surface area contributed by atoms with Crippen molar-refractivity contribution in [2.24, 2.45) is 5.41 Å². The van der Waals surface area contributed by atoms with Crippen molar-refractivity contribution < 1.29 is 19.7 Å². The molecule has 1 saturated heterocycles. The van der Waals surface area contributed by atoms with Gasteiger partial charge < -0.3 is 19.7 Å². The summed E-state index contributed by atoms with van der Waals surface area (Å²) >= 11 is 0. The van der Waals surface area contributed by atoms with Gasteiger partial charge in [-0.05, 0) is 45.1 Å². The van der Waals surface area contributed by atoms with Crippen LogP contribution in [-0.4, -0.2) is 40.9 Å². The second kappa shape index (κ2) is 6.34. The van der Waals surface area contributed by atoms with Crippen LogP contribution >= 0.6 is 0 Å². The fourth-order valence-corrected chi connectivity index (χ4v) is 5.12. The topological polar surface area (TPSA) is 58.9 Å². The van der Waals surface area contributed by atoms with Crippen molar-refractivity contribution in [3.63, 3.8) is 0 Å². The lowest BCUT2D eigenvalue weighted by Gasteiger charge is -2.53. The Balaban J connectivity index is 2.07. The number of allylic oxidation sites excluding steroid dienone is 3. The van der Waals surface area contributed by atoms with Crippen molar-refractivity contribution in [2.75, 3.05) is 13.2 Å². The molecule has 0 unspecified atom stereocenters. The maximum absolute atomic E-state index is 11.7. The van der Waals surface area contributed by atoms with E-state index in [0.29, 0.717) is 19.6 Å². The summed E-state index contributed by atoms with van der Waals surface area (Å²) in [6.07, 6.45) is 4.67. The van der Waals surface area contributed by atoms with Gasteiger partial charge in [-0.3, -0.25) is 0 Å². The molecule has 25 heavy (non-hydrogen) atoms. The predicted molar refractivity (Wildman–Crippen MR) is 98.1 cm³/mol. The van der Waals surface area contributed by atoms with Gasteiger partial charge in [0.1, 0.15) is 11.7 Å². The van der Waals surface area contributed by atoms with Gasteiger partial charge in [-0.15, -0.1) is 0 Å². The van der Waals surface area contributed by atoms with Gasteiger partial charge in [0.05, 0.1) is 13.2 Å². The van der Waals surface area contributed by atoms with Gasteiger partial charge in [0.15, 0.2) is 5.79 Å². The Labute approximate surface area is 151 Å². The third-order valence-corrected chi connectivity index (χ3v) is 6.71. The zero-order chi connectivity index (χ0) is 18.5. The number of hydrogen-bond donors (Lipinski definition) is 2. The Morgan fingerprint density at radius 1 is 1.08 bits per heavy atom. The van der Waals surface area contributed by atoms with Gasteiger partial charge in [-0.2, -0.15) is 0 Å². The molecule has 0 aromatic carbocycles. The van der Waals surface area contributed by atoms with Gasteiger partial charge in [0.25, 0.3) is 0 Å². The molecule has 1 spiro atoms. The number of ether oxygens (including phenoxy) is 2. The summed E-state index contributed by atoms with van der Waals surface area (Å²) in [6.45, 7) is 13.1. The van der Waals surface area contributed by atoms with Crippen LogP contribution in [0.1, 0.15) is 59.8 Å². The first-order chi connectivity index (χ1) is 11.7. The molecular weight excluding hydrogens is 316 g/mol. The Morgan fingerprint density at radius 2 is 1.72 bits per heavy atom. The first kappa shape index (κ1) is 18.8. The normalized spacial score (nSPS) is 33.0. The second-order valence-electron chi connectivity index (χ2n) is 8.35. The second-order valence-corrected chi connectivity index (χ2v) is 8.35. The van der Waals surface area contributed by atoms with E-state index in [2.05, 4.69) is 13.5 Å². The summed E-state index contributed by atoms with van der Waals surface area (Å²) in [5.74, 6) is -0.863. The van der Waals surface area contributed by atoms with E-state index in [1.165, 1.54) is 5.57 Å². The highest BCUT2D eigenvalue weighted by molar-refractivity contribution is 5.40. The molecule has 0 aromatic heterocycles. The number of hydrogen-bond acceptors (Lipinski definition) is 4. The highest BCUT2D eigenvalue weighted by Gasteiger charge is 2.58. The third kappa shape index (κ3) is 2.66. The molecule has 4 nitrogen and oxygen atoms in total. The van der Waals surface area contributed by atoms with Crippen molar-refractivity contribution in [1.82, 2.24) is 0 Å². The molecule has 1 aliphatic heterocycles. The Kier molecular flexibility index (Phi) is 4.78. The minimum Gasteiger partial charge on any atom is -0.386 e. The Morgan fingerprint density at radius 3 is 2.32 bits per heavy atom. The highest BCUT2D eigenvalue weighted by atomic mass is 16.7. The van der Waals surface area contributed by atoms with Gasteiger partial charge >= 0.3 is 0 Å². The molecule has 2 atom stereocenters. The van der Waals surface area contributed by atoms with Crippen LogP contribution in [0.5, 0.6) is 0 Å². The van der Waals surface area contributed by atoms with Crippen LogP contribution < -0.4 is 0 Å². The minimum absolute atomic E-state index is 0.511. The van der Waals surface area contributed by atoms with Crippen molar-refractivity contribution in [2.45, 2.75) is 77.3 Å². The quantitative estimate of drug-likeness (QED) is 0.765. The van der Waals surface area contributed by atoms with Gasteiger partial charge in [-0.25, -0.2) is 0 Å². The zero-order valence-electron chi connectivity index (χ0n) is 16.0. The number of rotatable bonds is 3. The third-order valence-electron chi connectivity index (χ3n) is 6.71. The van der Waals surface area contributed by atoms with Crippen LogP contribution in [0, 0.1) is 5.41 Å². The summed E-state index contributed by atoms with van der Waals surface area (Å²) in [4.78, 5) is 0.